The largest absolute Gasteiger partial charge is 0.397 e. The molecular weight excluding hydrogens is 336 g/mol. The molecule has 0 saturated carbocycles. The van der Waals surface area contributed by atoms with Crippen LogP contribution in [-0.4, -0.2) is 31.3 Å². The first-order chi connectivity index (χ1) is 13.3. The van der Waals surface area contributed by atoms with E-state index in [-0.39, 0.29) is 0 Å². The monoisotopic (exact) mass is 360 g/mol. The molecule has 138 valence electrons. The van der Waals surface area contributed by atoms with Crippen molar-refractivity contribution < 1.29 is 4.74 Å². The summed E-state index contributed by atoms with van der Waals surface area (Å²) >= 11 is 0. The number of rotatable bonds is 5. The van der Waals surface area contributed by atoms with Gasteiger partial charge in [0, 0.05) is 30.2 Å². The highest BCUT2D eigenvalue weighted by Crippen LogP contribution is 2.32. The molecule has 1 aromatic heterocycles. The minimum Gasteiger partial charge on any atom is -0.397 e. The second kappa shape index (κ2) is 7.73. The summed E-state index contributed by atoms with van der Waals surface area (Å²) in [6.45, 7) is 2.90. The molecule has 1 saturated heterocycles. The number of hydrogen-bond donors (Lipinski definition) is 2. The fraction of sp³-hybridized carbons (Fsp3) is 0.318. The normalized spacial score (nSPS) is 14.4. The summed E-state index contributed by atoms with van der Waals surface area (Å²) in [7, 11) is 0. The molecule has 5 heteroatoms. The molecule has 0 aliphatic carbocycles. The van der Waals surface area contributed by atoms with Gasteiger partial charge in [0.25, 0.3) is 0 Å². The number of nitrogen functional groups attached to an aromatic ring is 1. The first kappa shape index (κ1) is 17.4. The van der Waals surface area contributed by atoms with Crippen molar-refractivity contribution in [2.24, 2.45) is 0 Å². The molecule has 1 fully saturated rings. The third-order valence-corrected chi connectivity index (χ3v) is 5.30. The number of nitrogens with two attached hydrogens (primary N) is 1. The minimum atomic E-state index is 0.675. The van der Waals surface area contributed by atoms with Crippen LogP contribution in [0.3, 0.4) is 0 Å². The van der Waals surface area contributed by atoms with Gasteiger partial charge in [-0.25, -0.2) is 0 Å². The minimum absolute atomic E-state index is 0.675. The second-order valence-electron chi connectivity index (χ2n) is 6.96. The number of anilines is 2. The van der Waals surface area contributed by atoms with Crippen LogP contribution in [0.2, 0.25) is 0 Å². The lowest BCUT2D eigenvalue weighted by molar-refractivity contribution is 0.122. The zero-order valence-corrected chi connectivity index (χ0v) is 15.4. The number of H-pyrrole nitrogens is 1. The molecule has 1 aliphatic heterocycles. The molecule has 0 radical (unpaired) electrons. The SMILES string of the molecule is N#Cc1c(CCCc2c[nH]c3ccccc23)ccc(N)c1N1CCOCC1. The maximum atomic E-state index is 9.81. The lowest BCUT2D eigenvalue weighted by Gasteiger charge is -2.31. The highest BCUT2D eigenvalue weighted by Gasteiger charge is 2.20. The second-order valence-corrected chi connectivity index (χ2v) is 6.96. The topological polar surface area (TPSA) is 78.1 Å². The van der Waals surface area contributed by atoms with Crippen molar-refractivity contribution in [3.8, 4) is 6.07 Å². The molecule has 0 bridgehead atoms. The van der Waals surface area contributed by atoms with E-state index in [1.807, 2.05) is 18.2 Å². The van der Waals surface area contributed by atoms with Gasteiger partial charge < -0.3 is 20.4 Å². The van der Waals surface area contributed by atoms with Crippen molar-refractivity contribution >= 4 is 22.3 Å². The smallest absolute Gasteiger partial charge is 0.102 e. The number of nitrogens with one attached hydrogen (secondary N) is 1. The molecular formula is C22H24N4O. The maximum absolute atomic E-state index is 9.81. The lowest BCUT2D eigenvalue weighted by Crippen LogP contribution is -2.37. The molecule has 3 N–H and O–H groups in total. The molecule has 0 atom stereocenters. The third-order valence-electron chi connectivity index (χ3n) is 5.30. The Morgan fingerprint density at radius 1 is 1.07 bits per heavy atom. The predicted octanol–water partition coefficient (Wildman–Crippen LogP) is 3.63. The summed E-state index contributed by atoms with van der Waals surface area (Å²) in [5.41, 5.74) is 12.1. The van der Waals surface area contributed by atoms with Gasteiger partial charge in [0.2, 0.25) is 0 Å². The van der Waals surface area contributed by atoms with Crippen LogP contribution >= 0.6 is 0 Å². The molecule has 1 aliphatic rings. The van der Waals surface area contributed by atoms with Crippen LogP contribution in [0.25, 0.3) is 10.9 Å². The number of aromatic amines is 1. The van der Waals surface area contributed by atoms with E-state index in [0.29, 0.717) is 18.9 Å². The highest BCUT2D eigenvalue weighted by atomic mass is 16.5. The van der Waals surface area contributed by atoms with Gasteiger partial charge in [0.05, 0.1) is 30.2 Å². The third kappa shape index (κ3) is 3.49. The van der Waals surface area contributed by atoms with Crippen molar-refractivity contribution in [3.05, 3.63) is 59.3 Å². The van der Waals surface area contributed by atoms with Crippen LogP contribution in [0.5, 0.6) is 0 Å². The molecule has 4 rings (SSSR count). The van der Waals surface area contributed by atoms with Crippen molar-refractivity contribution in [1.29, 1.82) is 5.26 Å². The van der Waals surface area contributed by atoms with Crippen LogP contribution in [0, 0.1) is 11.3 Å². The van der Waals surface area contributed by atoms with E-state index in [9.17, 15) is 5.26 Å². The number of hydrogen-bond acceptors (Lipinski definition) is 4. The van der Waals surface area contributed by atoms with E-state index in [0.717, 1.165) is 49.2 Å². The van der Waals surface area contributed by atoms with Crippen LogP contribution in [0.4, 0.5) is 11.4 Å². The van der Waals surface area contributed by atoms with Crippen LogP contribution in [-0.2, 0) is 17.6 Å². The average molecular weight is 360 g/mol. The molecule has 2 heterocycles. The van der Waals surface area contributed by atoms with Gasteiger partial charge in [-0.15, -0.1) is 0 Å². The number of benzene rings is 2. The van der Waals surface area contributed by atoms with E-state index in [1.165, 1.54) is 16.5 Å². The van der Waals surface area contributed by atoms with E-state index in [1.54, 1.807) is 0 Å². The van der Waals surface area contributed by atoms with E-state index < -0.39 is 0 Å². The summed E-state index contributed by atoms with van der Waals surface area (Å²) in [5.74, 6) is 0. The van der Waals surface area contributed by atoms with Crippen molar-refractivity contribution in [3.63, 3.8) is 0 Å². The van der Waals surface area contributed by atoms with Crippen LogP contribution in [0.15, 0.2) is 42.6 Å². The maximum Gasteiger partial charge on any atom is 0.102 e. The van der Waals surface area contributed by atoms with Crippen molar-refractivity contribution in [2.45, 2.75) is 19.3 Å². The Hall–Kier alpha value is -2.97. The summed E-state index contributed by atoms with van der Waals surface area (Å²) in [6.07, 6.45) is 4.92. The van der Waals surface area contributed by atoms with Gasteiger partial charge in [-0.05, 0) is 42.5 Å². The van der Waals surface area contributed by atoms with Gasteiger partial charge in [-0.1, -0.05) is 24.3 Å². The standard InChI is InChI=1S/C22H24N4O/c23-14-19-16(8-9-20(24)22(19)26-10-12-27-13-11-26)4-3-5-17-15-25-21-7-2-1-6-18(17)21/h1-2,6-9,15,25H,3-5,10-13,24H2. The van der Waals surface area contributed by atoms with Gasteiger partial charge in [-0.3, -0.25) is 0 Å². The van der Waals surface area contributed by atoms with E-state index in [2.05, 4.69) is 40.3 Å². The molecule has 5 nitrogen and oxygen atoms in total. The fourth-order valence-electron chi connectivity index (χ4n) is 3.92. The summed E-state index contributed by atoms with van der Waals surface area (Å²) in [6, 6.07) is 14.7. The summed E-state index contributed by atoms with van der Waals surface area (Å²) < 4.78 is 5.44. The van der Waals surface area contributed by atoms with Gasteiger partial charge >= 0.3 is 0 Å². The van der Waals surface area contributed by atoms with Gasteiger partial charge in [-0.2, -0.15) is 5.26 Å². The number of fused-ring (bicyclic) bond motifs is 1. The zero-order chi connectivity index (χ0) is 18.6. The molecule has 0 spiro atoms. The molecule has 2 aromatic carbocycles. The number of aromatic nitrogens is 1. The first-order valence-electron chi connectivity index (χ1n) is 9.47. The van der Waals surface area contributed by atoms with E-state index in [4.69, 9.17) is 10.5 Å². The Labute approximate surface area is 159 Å². The van der Waals surface area contributed by atoms with Gasteiger partial charge in [0.15, 0.2) is 0 Å². The Balaban J connectivity index is 1.52. The lowest BCUT2D eigenvalue weighted by atomic mass is 9.97. The average Bonchev–Trinajstić information content (AvgIpc) is 3.12. The first-order valence-corrected chi connectivity index (χ1v) is 9.47. The Morgan fingerprint density at radius 2 is 1.85 bits per heavy atom. The molecule has 3 aromatic rings. The number of nitriles is 1. The quantitative estimate of drug-likeness (QED) is 0.681. The van der Waals surface area contributed by atoms with Gasteiger partial charge in [0.1, 0.15) is 6.07 Å². The zero-order valence-electron chi connectivity index (χ0n) is 15.4. The van der Waals surface area contributed by atoms with Crippen molar-refractivity contribution in [2.75, 3.05) is 36.9 Å². The van der Waals surface area contributed by atoms with E-state index >= 15 is 0 Å². The van der Waals surface area contributed by atoms with Crippen molar-refractivity contribution in [1.82, 2.24) is 4.98 Å². The van der Waals surface area contributed by atoms with Crippen LogP contribution in [0.1, 0.15) is 23.1 Å². The van der Waals surface area contributed by atoms with Crippen LogP contribution < -0.4 is 10.6 Å². The Kier molecular flexibility index (Phi) is 4.99. The Morgan fingerprint density at radius 3 is 2.67 bits per heavy atom. The number of morpholine rings is 1. The summed E-state index contributed by atoms with van der Waals surface area (Å²) in [4.78, 5) is 5.51. The number of ether oxygens (including phenoxy) is 1. The molecule has 0 amide bonds. The fourth-order valence-corrected chi connectivity index (χ4v) is 3.92. The Bertz CT molecular complexity index is 980. The molecule has 0 unspecified atom stereocenters. The highest BCUT2D eigenvalue weighted by molar-refractivity contribution is 5.83. The predicted molar refractivity (Wildman–Crippen MR) is 109 cm³/mol. The number of aryl methyl sites for hydroxylation is 2. The number of para-hydroxylation sites is 1. The molecule has 27 heavy (non-hydrogen) atoms. The number of nitrogens with zero attached hydrogens (tertiary/aromatic N) is 2. The summed E-state index contributed by atoms with van der Waals surface area (Å²) in [5, 5.41) is 11.1.